The van der Waals surface area contributed by atoms with Gasteiger partial charge < -0.3 is 10.1 Å². The quantitative estimate of drug-likeness (QED) is 0.899. The van der Waals surface area contributed by atoms with Crippen molar-refractivity contribution in [1.82, 2.24) is 5.32 Å². The van der Waals surface area contributed by atoms with Gasteiger partial charge in [0, 0.05) is 0 Å². The Bertz CT molecular complexity index is 493. The van der Waals surface area contributed by atoms with E-state index in [1.165, 1.54) is 7.11 Å². The van der Waals surface area contributed by atoms with Crippen LogP contribution in [0.1, 0.15) is 12.8 Å². The molecule has 1 N–H and O–H groups in total. The molecule has 0 radical (unpaired) electrons. The highest BCUT2D eigenvalue weighted by Gasteiger charge is 2.23. The molecule has 0 aromatic heterocycles. The Labute approximate surface area is 108 Å². The van der Waals surface area contributed by atoms with Crippen LogP contribution in [0.2, 0.25) is 0 Å². The van der Waals surface area contributed by atoms with E-state index in [0.717, 1.165) is 25.9 Å². The maximum atomic E-state index is 12.3. The molecule has 1 atom stereocenters. The molecule has 1 saturated heterocycles. The Balaban J connectivity index is 2.13. The maximum Gasteiger partial charge on any atom is 0.178 e. The fourth-order valence-corrected chi connectivity index (χ4v) is 3.95. The monoisotopic (exact) mass is 269 g/mol. The van der Waals surface area contributed by atoms with E-state index >= 15 is 0 Å². The molecular weight excluding hydrogens is 250 g/mol. The van der Waals surface area contributed by atoms with Crippen molar-refractivity contribution in [2.75, 3.05) is 26.0 Å². The lowest BCUT2D eigenvalue weighted by Gasteiger charge is -2.22. The fourth-order valence-electron chi connectivity index (χ4n) is 2.27. The minimum Gasteiger partial charge on any atom is -0.497 e. The number of hydrogen-bond donors (Lipinski definition) is 1. The first kappa shape index (κ1) is 13.4. The van der Waals surface area contributed by atoms with Gasteiger partial charge in [0.15, 0.2) is 9.84 Å². The highest BCUT2D eigenvalue weighted by atomic mass is 32.2. The smallest absolute Gasteiger partial charge is 0.178 e. The van der Waals surface area contributed by atoms with Crippen LogP contribution in [0.4, 0.5) is 0 Å². The van der Waals surface area contributed by atoms with Gasteiger partial charge in [0.2, 0.25) is 0 Å². The molecule has 0 bridgehead atoms. The summed E-state index contributed by atoms with van der Waals surface area (Å²) >= 11 is 0. The largest absolute Gasteiger partial charge is 0.497 e. The number of ether oxygens (including phenoxy) is 1. The van der Waals surface area contributed by atoms with Gasteiger partial charge in [-0.2, -0.15) is 0 Å². The molecule has 1 heterocycles. The van der Waals surface area contributed by atoms with Crippen LogP contribution in [0.5, 0.6) is 5.75 Å². The lowest BCUT2D eigenvalue weighted by atomic mass is 10.0. The van der Waals surface area contributed by atoms with Gasteiger partial charge in [-0.1, -0.05) is 6.07 Å². The summed E-state index contributed by atoms with van der Waals surface area (Å²) in [4.78, 5) is 0.354. The van der Waals surface area contributed by atoms with Crippen molar-refractivity contribution in [3.63, 3.8) is 0 Å². The second-order valence-electron chi connectivity index (χ2n) is 4.67. The van der Waals surface area contributed by atoms with Crippen molar-refractivity contribution in [2.45, 2.75) is 17.7 Å². The number of benzene rings is 1. The molecule has 100 valence electrons. The number of hydrogen-bond acceptors (Lipinski definition) is 4. The minimum atomic E-state index is -3.21. The predicted molar refractivity (Wildman–Crippen MR) is 70.6 cm³/mol. The predicted octanol–water partition coefficient (Wildman–Crippen LogP) is 1.47. The van der Waals surface area contributed by atoms with Crippen LogP contribution >= 0.6 is 0 Å². The van der Waals surface area contributed by atoms with Crippen molar-refractivity contribution in [2.24, 2.45) is 5.92 Å². The number of rotatable bonds is 4. The maximum absolute atomic E-state index is 12.3. The zero-order chi connectivity index (χ0) is 13.0. The molecule has 2 rings (SSSR count). The van der Waals surface area contributed by atoms with E-state index < -0.39 is 9.84 Å². The van der Waals surface area contributed by atoms with Crippen LogP contribution in [-0.4, -0.2) is 34.4 Å². The third-order valence-corrected chi connectivity index (χ3v) is 5.14. The van der Waals surface area contributed by atoms with E-state index in [9.17, 15) is 8.42 Å². The van der Waals surface area contributed by atoms with Gasteiger partial charge in [-0.15, -0.1) is 0 Å². The molecule has 4 nitrogen and oxygen atoms in total. The highest BCUT2D eigenvalue weighted by Crippen LogP contribution is 2.22. The molecule has 1 aromatic carbocycles. The Morgan fingerprint density at radius 1 is 1.44 bits per heavy atom. The fraction of sp³-hybridized carbons (Fsp3) is 0.538. The van der Waals surface area contributed by atoms with E-state index in [-0.39, 0.29) is 11.7 Å². The highest BCUT2D eigenvalue weighted by molar-refractivity contribution is 7.91. The summed E-state index contributed by atoms with van der Waals surface area (Å²) in [5.74, 6) is 1.01. The summed E-state index contributed by atoms with van der Waals surface area (Å²) in [6.45, 7) is 1.79. The zero-order valence-electron chi connectivity index (χ0n) is 10.6. The van der Waals surface area contributed by atoms with E-state index in [1.54, 1.807) is 24.3 Å². The standard InChI is InChI=1S/C13H19NO3S/c1-17-12-5-2-6-13(8-12)18(15,16)10-11-4-3-7-14-9-11/h2,5-6,8,11,14H,3-4,7,9-10H2,1H3. The minimum absolute atomic E-state index is 0.215. The average molecular weight is 269 g/mol. The second-order valence-corrected chi connectivity index (χ2v) is 6.71. The molecule has 18 heavy (non-hydrogen) atoms. The van der Waals surface area contributed by atoms with Crippen molar-refractivity contribution < 1.29 is 13.2 Å². The van der Waals surface area contributed by atoms with Gasteiger partial charge in [-0.3, -0.25) is 0 Å². The second kappa shape index (κ2) is 5.71. The van der Waals surface area contributed by atoms with Gasteiger partial charge in [-0.25, -0.2) is 8.42 Å². The van der Waals surface area contributed by atoms with Crippen molar-refractivity contribution in [3.05, 3.63) is 24.3 Å². The summed E-state index contributed by atoms with van der Waals surface area (Å²) in [6.07, 6.45) is 2.04. The molecule has 1 fully saturated rings. The number of sulfone groups is 1. The molecule has 1 unspecified atom stereocenters. The summed E-state index contributed by atoms with van der Waals surface area (Å²) in [5, 5.41) is 3.24. The molecule has 5 heteroatoms. The molecule has 1 aliphatic heterocycles. The SMILES string of the molecule is COc1cccc(S(=O)(=O)CC2CCCNC2)c1. The van der Waals surface area contributed by atoms with Crippen molar-refractivity contribution in [3.8, 4) is 5.75 Å². The summed E-state index contributed by atoms with van der Waals surface area (Å²) in [7, 11) is -1.67. The van der Waals surface area contributed by atoms with E-state index in [0.29, 0.717) is 10.6 Å². The van der Waals surface area contributed by atoms with E-state index in [2.05, 4.69) is 5.32 Å². The molecule has 0 aliphatic carbocycles. The third kappa shape index (κ3) is 3.23. The van der Waals surface area contributed by atoms with Crippen molar-refractivity contribution >= 4 is 9.84 Å². The lowest BCUT2D eigenvalue weighted by Crippen LogP contribution is -2.33. The van der Waals surface area contributed by atoms with Gasteiger partial charge in [0.05, 0.1) is 17.8 Å². The average Bonchev–Trinajstić information content (AvgIpc) is 2.39. The first-order valence-electron chi connectivity index (χ1n) is 6.19. The number of nitrogens with one attached hydrogen (secondary N) is 1. The zero-order valence-corrected chi connectivity index (χ0v) is 11.4. The number of methoxy groups -OCH3 is 1. The van der Waals surface area contributed by atoms with Gasteiger partial charge >= 0.3 is 0 Å². The first-order valence-corrected chi connectivity index (χ1v) is 7.84. The van der Waals surface area contributed by atoms with E-state index in [4.69, 9.17) is 4.74 Å². The summed E-state index contributed by atoms with van der Waals surface area (Å²) in [6, 6.07) is 6.69. The Morgan fingerprint density at radius 2 is 2.28 bits per heavy atom. The molecule has 0 saturated carbocycles. The summed E-state index contributed by atoms with van der Waals surface area (Å²) < 4.78 is 29.6. The van der Waals surface area contributed by atoms with Crippen LogP contribution in [0, 0.1) is 5.92 Å². The summed E-state index contributed by atoms with van der Waals surface area (Å²) in [5.41, 5.74) is 0. The topological polar surface area (TPSA) is 55.4 Å². The molecule has 1 aromatic rings. The lowest BCUT2D eigenvalue weighted by molar-refractivity contribution is 0.403. The number of piperidine rings is 1. The van der Waals surface area contributed by atoms with Crippen molar-refractivity contribution in [1.29, 1.82) is 0 Å². The van der Waals surface area contributed by atoms with E-state index in [1.807, 2.05) is 0 Å². The van der Waals surface area contributed by atoms with Gasteiger partial charge in [0.1, 0.15) is 5.75 Å². The molecular formula is C13H19NO3S. The van der Waals surface area contributed by atoms with Gasteiger partial charge in [0.25, 0.3) is 0 Å². The van der Waals surface area contributed by atoms with Crippen LogP contribution in [0.15, 0.2) is 29.2 Å². The normalized spacial score (nSPS) is 20.6. The van der Waals surface area contributed by atoms with Crippen LogP contribution in [0.25, 0.3) is 0 Å². The molecule has 0 spiro atoms. The molecule has 0 amide bonds. The van der Waals surface area contributed by atoms with Gasteiger partial charge in [-0.05, 0) is 50.0 Å². The third-order valence-electron chi connectivity index (χ3n) is 3.25. The van der Waals surface area contributed by atoms with Crippen LogP contribution < -0.4 is 10.1 Å². The van der Waals surface area contributed by atoms with Crippen LogP contribution in [-0.2, 0) is 9.84 Å². The first-order chi connectivity index (χ1) is 8.62. The van der Waals surface area contributed by atoms with Crippen LogP contribution in [0.3, 0.4) is 0 Å². The Hall–Kier alpha value is -1.07. The Morgan fingerprint density at radius 3 is 2.94 bits per heavy atom. The Kier molecular flexibility index (Phi) is 4.24. The molecule has 1 aliphatic rings.